The molecule has 1 aliphatic rings. The molecule has 8 nitrogen and oxygen atoms in total. The molecule has 2 aromatic rings. The Bertz CT molecular complexity index is 883. The molecule has 9 heteroatoms. The van der Waals surface area contributed by atoms with E-state index in [4.69, 9.17) is 18.9 Å². The zero-order valence-electron chi connectivity index (χ0n) is 16.2. The van der Waals surface area contributed by atoms with E-state index in [1.165, 1.54) is 12.1 Å². The number of benzene rings is 2. The first-order valence-corrected chi connectivity index (χ1v) is 10.7. The Hall–Kier alpha value is -2.46. The molecule has 2 aromatic carbocycles. The maximum Gasteiger partial charge on any atom is 0.335 e. The van der Waals surface area contributed by atoms with E-state index in [-0.39, 0.29) is 23.2 Å². The summed E-state index contributed by atoms with van der Waals surface area (Å²) in [6.07, 6.45) is 0.261. The van der Waals surface area contributed by atoms with E-state index < -0.39 is 16.6 Å². The van der Waals surface area contributed by atoms with Crippen molar-refractivity contribution in [3.05, 3.63) is 42.0 Å². The first kappa shape index (κ1) is 21.3. The molecular formula is C20H24O8S. The number of carboxylic acid groups (broad SMARTS) is 1. The van der Waals surface area contributed by atoms with Crippen LogP contribution in [0.4, 0.5) is 0 Å². The second-order valence-electron chi connectivity index (χ2n) is 6.67. The molecule has 0 spiro atoms. The monoisotopic (exact) mass is 424 g/mol. The molecule has 3 rings (SSSR count). The van der Waals surface area contributed by atoms with Crippen LogP contribution in [0.1, 0.15) is 23.7 Å². The number of hydrogen-bond acceptors (Lipinski definition) is 7. The quantitative estimate of drug-likeness (QED) is 0.596. The third-order valence-corrected chi connectivity index (χ3v) is 6.10. The van der Waals surface area contributed by atoms with E-state index in [0.29, 0.717) is 41.8 Å². The van der Waals surface area contributed by atoms with Crippen LogP contribution < -0.4 is 14.2 Å². The second kappa shape index (κ2) is 8.91. The summed E-state index contributed by atoms with van der Waals surface area (Å²) in [5.74, 6) is 0.466. The van der Waals surface area contributed by atoms with Gasteiger partial charge in [-0.3, -0.25) is 9.11 Å². The summed E-state index contributed by atoms with van der Waals surface area (Å²) in [5, 5.41) is 9.38. The van der Waals surface area contributed by atoms with Crippen LogP contribution >= 0.6 is 10.6 Å². The highest BCUT2D eigenvalue weighted by Crippen LogP contribution is 2.54. The predicted octanol–water partition coefficient (Wildman–Crippen LogP) is 4.48. The van der Waals surface area contributed by atoms with Gasteiger partial charge in [-0.15, -0.1) is 0 Å². The Balaban J connectivity index is 1.88. The number of carbonyl (C=O) groups is 1. The van der Waals surface area contributed by atoms with Crippen molar-refractivity contribution < 1.29 is 38.0 Å². The van der Waals surface area contributed by atoms with Crippen LogP contribution in [0, 0.1) is 0 Å². The van der Waals surface area contributed by atoms with Gasteiger partial charge in [0.1, 0.15) is 34.0 Å². The smallest absolute Gasteiger partial charge is 0.335 e. The van der Waals surface area contributed by atoms with E-state index >= 15 is 0 Å². The normalized spacial score (nSPS) is 17.2. The minimum atomic E-state index is -2.90. The zero-order chi connectivity index (χ0) is 21.0. The standard InChI is InChI=1S/C20H24O8S/c1-13(12-25-2)27-16-8-14(20(21)22)9-17(10-16)28-15-4-5-19-18(11-15)26-6-3-7-29(19,23)24/h4-5,8-11,13,23-24H,3,6-7,12H2,1-2H3,(H,21,22). The molecule has 0 radical (unpaired) electrons. The average molecular weight is 424 g/mol. The molecule has 1 heterocycles. The molecule has 1 aliphatic heterocycles. The fourth-order valence-electron chi connectivity index (χ4n) is 2.95. The lowest BCUT2D eigenvalue weighted by Gasteiger charge is -2.31. The summed E-state index contributed by atoms with van der Waals surface area (Å²) in [6.45, 7) is 2.53. The largest absolute Gasteiger partial charge is 0.491 e. The molecule has 0 bridgehead atoms. The topological polar surface area (TPSA) is 115 Å². The maximum atomic E-state index is 11.5. The highest BCUT2D eigenvalue weighted by molar-refractivity contribution is 8.24. The van der Waals surface area contributed by atoms with Gasteiger partial charge >= 0.3 is 5.97 Å². The second-order valence-corrected chi connectivity index (χ2v) is 8.85. The summed E-state index contributed by atoms with van der Waals surface area (Å²) >= 11 is 0. The molecular weight excluding hydrogens is 400 g/mol. The number of fused-ring (bicyclic) bond motifs is 1. The zero-order valence-corrected chi connectivity index (χ0v) is 17.0. The Morgan fingerprint density at radius 2 is 1.93 bits per heavy atom. The molecule has 1 unspecified atom stereocenters. The summed E-state index contributed by atoms with van der Waals surface area (Å²) in [7, 11) is -1.35. The first-order valence-electron chi connectivity index (χ1n) is 9.03. The third-order valence-electron chi connectivity index (χ3n) is 4.20. The fraction of sp³-hybridized carbons (Fsp3) is 0.350. The Morgan fingerprint density at radius 3 is 2.66 bits per heavy atom. The summed E-state index contributed by atoms with van der Waals surface area (Å²) in [5.41, 5.74) is 0.0160. The molecule has 0 amide bonds. The van der Waals surface area contributed by atoms with Crippen molar-refractivity contribution in [3.8, 4) is 23.0 Å². The van der Waals surface area contributed by atoms with Gasteiger partial charge < -0.3 is 24.1 Å². The Morgan fingerprint density at radius 1 is 1.17 bits per heavy atom. The predicted molar refractivity (Wildman–Crippen MR) is 108 cm³/mol. The number of methoxy groups -OCH3 is 1. The minimum Gasteiger partial charge on any atom is -0.491 e. The SMILES string of the molecule is COCC(C)Oc1cc(Oc2ccc3c(c2)OCCCS3(O)O)cc(C(=O)O)c1. The lowest BCUT2D eigenvalue weighted by molar-refractivity contribution is 0.0693. The van der Waals surface area contributed by atoms with Crippen LogP contribution in [0.15, 0.2) is 41.3 Å². The first-order chi connectivity index (χ1) is 13.8. The molecule has 158 valence electrons. The van der Waals surface area contributed by atoms with Gasteiger partial charge in [-0.2, -0.15) is 10.6 Å². The molecule has 1 atom stereocenters. The molecule has 29 heavy (non-hydrogen) atoms. The van der Waals surface area contributed by atoms with E-state index in [1.807, 2.05) is 0 Å². The molecule has 0 aliphatic carbocycles. The van der Waals surface area contributed by atoms with Crippen LogP contribution in [0.2, 0.25) is 0 Å². The summed E-state index contributed by atoms with van der Waals surface area (Å²) in [6, 6.07) is 9.09. The van der Waals surface area contributed by atoms with Gasteiger partial charge in [-0.1, -0.05) is 0 Å². The minimum absolute atomic E-state index is 0.0160. The van der Waals surface area contributed by atoms with Gasteiger partial charge in [0.15, 0.2) is 0 Å². The number of rotatable bonds is 7. The van der Waals surface area contributed by atoms with Crippen molar-refractivity contribution in [2.24, 2.45) is 0 Å². The summed E-state index contributed by atoms with van der Waals surface area (Å²) in [4.78, 5) is 11.8. The average Bonchev–Trinajstić information content (AvgIpc) is 2.79. The van der Waals surface area contributed by atoms with Gasteiger partial charge in [-0.25, -0.2) is 4.79 Å². The number of aromatic carboxylic acids is 1. The van der Waals surface area contributed by atoms with Crippen LogP contribution in [-0.4, -0.2) is 52.4 Å². The Kier molecular flexibility index (Phi) is 6.53. The highest BCUT2D eigenvalue weighted by atomic mass is 32.3. The fourth-order valence-corrected chi connectivity index (χ4v) is 4.41. The van der Waals surface area contributed by atoms with Crippen molar-refractivity contribution in [2.75, 3.05) is 26.1 Å². The van der Waals surface area contributed by atoms with Gasteiger partial charge in [0.25, 0.3) is 0 Å². The number of ether oxygens (including phenoxy) is 4. The molecule has 0 saturated heterocycles. The molecule has 0 fully saturated rings. The van der Waals surface area contributed by atoms with Crippen molar-refractivity contribution >= 4 is 16.6 Å². The Labute approximate surface area is 170 Å². The van der Waals surface area contributed by atoms with Crippen LogP contribution in [0.25, 0.3) is 0 Å². The van der Waals surface area contributed by atoms with E-state index in [1.54, 1.807) is 38.3 Å². The van der Waals surface area contributed by atoms with Crippen molar-refractivity contribution in [1.82, 2.24) is 0 Å². The van der Waals surface area contributed by atoms with Crippen LogP contribution in [-0.2, 0) is 4.74 Å². The third kappa shape index (κ3) is 5.33. The number of hydrogen-bond donors (Lipinski definition) is 3. The van der Waals surface area contributed by atoms with Crippen LogP contribution in [0.3, 0.4) is 0 Å². The lowest BCUT2D eigenvalue weighted by Crippen LogP contribution is -2.18. The van der Waals surface area contributed by atoms with Gasteiger partial charge in [0, 0.05) is 25.0 Å². The van der Waals surface area contributed by atoms with E-state index in [2.05, 4.69) is 0 Å². The number of carboxylic acids is 1. The van der Waals surface area contributed by atoms with E-state index in [0.717, 1.165) is 0 Å². The molecule has 0 saturated carbocycles. The van der Waals surface area contributed by atoms with Crippen LogP contribution in [0.5, 0.6) is 23.0 Å². The molecule has 3 N–H and O–H groups in total. The van der Waals surface area contributed by atoms with Gasteiger partial charge in [-0.05, 0) is 37.6 Å². The van der Waals surface area contributed by atoms with Crippen molar-refractivity contribution in [3.63, 3.8) is 0 Å². The molecule has 0 aromatic heterocycles. The van der Waals surface area contributed by atoms with Crippen molar-refractivity contribution in [2.45, 2.75) is 24.3 Å². The van der Waals surface area contributed by atoms with Gasteiger partial charge in [0.2, 0.25) is 0 Å². The summed E-state index contributed by atoms with van der Waals surface area (Å²) < 4.78 is 42.7. The maximum absolute atomic E-state index is 11.5. The van der Waals surface area contributed by atoms with Crippen molar-refractivity contribution in [1.29, 1.82) is 0 Å². The van der Waals surface area contributed by atoms with Gasteiger partial charge in [0.05, 0.1) is 18.8 Å². The van der Waals surface area contributed by atoms with E-state index in [9.17, 15) is 19.0 Å². The lowest BCUT2D eigenvalue weighted by atomic mass is 10.2. The highest BCUT2D eigenvalue weighted by Gasteiger charge is 2.24.